The molecule has 60 heavy (non-hydrogen) atoms. The van der Waals surface area contributed by atoms with Gasteiger partial charge in [0.05, 0.1) is 0 Å². The third-order valence-electron chi connectivity index (χ3n) is 13.0. The minimum absolute atomic E-state index is 0. The van der Waals surface area contributed by atoms with Crippen LogP contribution in [0.1, 0.15) is 173 Å². The van der Waals surface area contributed by atoms with Crippen molar-refractivity contribution in [3.05, 3.63) is 0 Å². The fourth-order valence-electron chi connectivity index (χ4n) is 9.71. The van der Waals surface area contributed by atoms with E-state index in [1.54, 1.807) is 207 Å². The molecule has 372 valence electrons. The van der Waals surface area contributed by atoms with Crippen molar-refractivity contribution in [2.24, 2.45) is 0 Å². The first kappa shape index (κ1) is 77.8. The summed E-state index contributed by atoms with van der Waals surface area (Å²) in [6.45, 7) is 0. The van der Waals surface area contributed by atoms with Crippen LogP contribution in [-0.4, -0.2) is 111 Å². The Morgan fingerprint density at radius 1 is 0.167 bits per heavy atom. The van der Waals surface area contributed by atoms with Gasteiger partial charge in [0.15, 0.2) is 0 Å². The Hall–Kier alpha value is 6.38. The van der Waals surface area contributed by atoms with Gasteiger partial charge in [0.2, 0.25) is 0 Å². The number of hydrogen-bond donors (Lipinski definition) is 0. The molecule has 0 saturated carbocycles. The Bertz CT molecular complexity index is 617. The van der Waals surface area contributed by atoms with Crippen molar-refractivity contribution in [1.82, 2.24) is 0 Å². The summed E-state index contributed by atoms with van der Waals surface area (Å²) in [5.41, 5.74) is 0. The maximum absolute atomic E-state index is 1.63. The third-order valence-corrected chi connectivity index (χ3v) is 30.1. The average molecular weight is 1620 g/mol. The Labute approximate surface area is 464 Å². The summed E-state index contributed by atoms with van der Waals surface area (Å²) in [4.78, 5) is 0. The van der Waals surface area contributed by atoms with Crippen LogP contribution in [0.25, 0.3) is 0 Å². The molecule has 0 N–H and O–H groups in total. The van der Waals surface area contributed by atoms with Gasteiger partial charge in [-0.2, -0.15) is 0 Å². The fraction of sp³-hybridized carbons (Fsp3) is 1.00. The molecule has 0 bridgehead atoms. The van der Waals surface area contributed by atoms with E-state index in [-0.39, 0.29) is 138 Å². The van der Waals surface area contributed by atoms with Crippen LogP contribution < -0.4 is 74.4 Å². The molecule has 0 aromatic heterocycles. The molecule has 15 heteroatoms. The topological polar surface area (TPSA) is 0 Å². The smallest absolute Gasteiger partial charge is 1.00 e. The fourth-order valence-corrected chi connectivity index (χ4v) is 26.2. The van der Waals surface area contributed by atoms with E-state index in [9.17, 15) is 0 Å². The molecule has 0 atom stereocenters. The Balaban J connectivity index is -0.000000170. The summed E-state index contributed by atoms with van der Waals surface area (Å²) < 4.78 is 0. The zero-order chi connectivity index (χ0) is 35.3. The zero-order valence-corrected chi connectivity index (χ0v) is 54.4. The normalized spacial score (nSPS) is 21.6. The van der Waals surface area contributed by atoms with Crippen LogP contribution in [0.5, 0.6) is 0 Å². The van der Waals surface area contributed by atoms with Crippen LogP contribution in [0.4, 0.5) is 0 Å². The molecule has 6 aliphatic heterocycles. The van der Waals surface area contributed by atoms with Gasteiger partial charge in [-0.15, -0.1) is 47.5 Å². The first-order valence-electron chi connectivity index (χ1n) is 23.7. The van der Waals surface area contributed by atoms with Crippen LogP contribution in [0.2, 0.25) is 0 Å². The van der Waals surface area contributed by atoms with Crippen LogP contribution in [-0.2, 0) is 63.2 Å². The summed E-state index contributed by atoms with van der Waals surface area (Å²) in [6.07, 6.45) is 71.1. The predicted octanol–water partition coefficient (Wildman–Crippen LogP) is -1.52. The molecule has 0 aliphatic carbocycles. The predicted molar refractivity (Wildman–Crippen MR) is 254 cm³/mol. The quantitative estimate of drug-likeness (QED) is 0.209. The Morgan fingerprint density at radius 2 is 0.267 bits per heavy atom. The molecule has 0 amide bonds. The molecule has 6 rings (SSSR count). The van der Waals surface area contributed by atoms with Gasteiger partial charge in [0, 0.05) is 0 Å². The average Bonchev–Trinajstić information content (AvgIpc) is 3.86. The minimum Gasteiger partial charge on any atom is -1.00 e. The van der Waals surface area contributed by atoms with E-state index in [0.29, 0.717) is 47.5 Å². The van der Waals surface area contributed by atoms with Crippen molar-refractivity contribution in [2.75, 3.05) is 111 Å². The molecule has 6 aliphatic rings. The summed E-state index contributed by atoms with van der Waals surface area (Å²) in [5.74, 6) is 0. The van der Waals surface area contributed by atoms with Gasteiger partial charge in [-0.1, -0.05) is 77.0 Å². The van der Waals surface area contributed by atoms with E-state index >= 15 is 0 Å². The van der Waals surface area contributed by atoms with Gasteiger partial charge in [0.25, 0.3) is 0 Å². The molecule has 0 radical (unpaired) electrons. The summed E-state index contributed by atoms with van der Waals surface area (Å²) in [5, 5.41) is 0. The monoisotopic (exact) mass is 1610 g/mol. The van der Waals surface area contributed by atoms with E-state index < -0.39 is 0 Å². The molecule has 6 saturated heterocycles. The molecule has 6 heterocycles. The minimum atomic E-state index is 0. The molecular weight excluding hydrogens is 1520 g/mol. The van der Waals surface area contributed by atoms with Crippen molar-refractivity contribution in [3.8, 4) is 0 Å². The van der Waals surface area contributed by atoms with Crippen molar-refractivity contribution in [1.29, 1.82) is 0 Å². The van der Waals surface area contributed by atoms with E-state index in [1.807, 2.05) is 0 Å². The van der Waals surface area contributed by atoms with Gasteiger partial charge >= 0.3 is 63.2 Å². The second kappa shape index (κ2) is 56.3. The molecule has 0 aromatic rings. The summed E-state index contributed by atoms with van der Waals surface area (Å²) in [7, 11) is 2.87. The van der Waals surface area contributed by atoms with Gasteiger partial charge < -0.3 is 74.4 Å². The van der Waals surface area contributed by atoms with Crippen molar-refractivity contribution in [3.63, 3.8) is 0 Å². The largest absolute Gasteiger partial charge is 2.00 e. The van der Waals surface area contributed by atoms with Crippen molar-refractivity contribution in [2.45, 2.75) is 173 Å². The van der Waals surface area contributed by atoms with Gasteiger partial charge in [0.1, 0.15) is 0 Å². The summed E-state index contributed by atoms with van der Waals surface area (Å²) >= 11 is 0. The Morgan fingerprint density at radius 3 is 0.367 bits per heavy atom. The van der Waals surface area contributed by atoms with Crippen LogP contribution in [0, 0.1) is 0 Å². The molecular formula is C45H90Cl6P6Pt3. The number of rotatable bonds is 12. The third kappa shape index (κ3) is 42.1. The number of halogens is 6. The maximum atomic E-state index is 1.63. The molecule has 0 spiro atoms. The van der Waals surface area contributed by atoms with E-state index in [1.165, 1.54) is 77.0 Å². The first-order chi connectivity index (χ1) is 25.3. The van der Waals surface area contributed by atoms with Gasteiger partial charge in [-0.05, 0) is 207 Å². The van der Waals surface area contributed by atoms with Gasteiger partial charge in [-0.3, -0.25) is 0 Å². The maximum Gasteiger partial charge on any atom is 2.00 e. The van der Waals surface area contributed by atoms with E-state index in [0.717, 1.165) is 0 Å². The second-order valence-electron chi connectivity index (χ2n) is 17.6. The summed E-state index contributed by atoms with van der Waals surface area (Å²) in [6, 6.07) is 0. The van der Waals surface area contributed by atoms with Crippen LogP contribution in [0.15, 0.2) is 0 Å². The van der Waals surface area contributed by atoms with Gasteiger partial charge in [-0.25, -0.2) is 0 Å². The second-order valence-corrected chi connectivity index (χ2v) is 33.7. The van der Waals surface area contributed by atoms with Crippen LogP contribution in [0.3, 0.4) is 0 Å². The van der Waals surface area contributed by atoms with Crippen LogP contribution >= 0.6 is 47.5 Å². The van der Waals surface area contributed by atoms with Crippen molar-refractivity contribution < 1.29 is 138 Å². The standard InChI is InChI=1S/3C15H30P2.6ClH.3Pt/c3*1-2-6-11-16(10-5-1)14-9-15-17-12-7-3-4-8-13-17;;;;;;;;;/h3*1-15H2;6*1H;;;/q;;;;;;;;;3*+2/p-6. The van der Waals surface area contributed by atoms with E-state index in [4.69, 9.17) is 0 Å². The molecule has 0 unspecified atom stereocenters. The molecule has 0 nitrogen and oxygen atoms in total. The van der Waals surface area contributed by atoms with Crippen molar-refractivity contribution >= 4 is 47.5 Å². The Kier molecular flexibility index (Phi) is 73.0. The molecule has 6 fully saturated rings. The zero-order valence-electron chi connectivity index (χ0n) is 37.7. The van der Waals surface area contributed by atoms with E-state index in [2.05, 4.69) is 0 Å². The first-order valence-corrected chi connectivity index (χ1v) is 35.1. The SMILES string of the molecule is C1CCCP(CCCP2CCCCCC2)CC1.C1CCCP(CCCP2CCCCCC2)CC1.C1CCCP(CCCP2CCCCCC2)CC1.[Cl-].[Cl-].[Cl-].[Cl-].[Cl-].[Cl-].[Pt+2].[Pt+2].[Pt+2]. The molecule has 0 aromatic carbocycles. The number of hydrogen-bond acceptors (Lipinski definition) is 0.